The fraction of sp³-hybridized carbons (Fsp3) is 0.188. The van der Waals surface area contributed by atoms with E-state index in [0.717, 1.165) is 28.2 Å². The summed E-state index contributed by atoms with van der Waals surface area (Å²) in [6.45, 7) is 3.01. The minimum absolute atomic E-state index is 0.359. The van der Waals surface area contributed by atoms with Gasteiger partial charge in [-0.1, -0.05) is 23.4 Å². The van der Waals surface area contributed by atoms with Crippen LogP contribution in [-0.2, 0) is 6.54 Å². The first kappa shape index (κ1) is 14.5. The van der Waals surface area contributed by atoms with Crippen LogP contribution in [0.15, 0.2) is 41.8 Å². The van der Waals surface area contributed by atoms with Crippen molar-refractivity contribution >= 4 is 17.6 Å². The van der Waals surface area contributed by atoms with Crippen molar-refractivity contribution in [2.24, 2.45) is 0 Å². The first-order valence-corrected chi connectivity index (χ1v) is 7.78. The standard InChI is InChI=1S/C16H15N3O2S/c1-12-4-2-5-13(10-12)21-8-7-19-16(14(11-20)17-18-19)15-6-3-9-22-15/h2-6,9-11H,7-8H2,1H3. The maximum Gasteiger partial charge on any atom is 0.172 e. The lowest BCUT2D eigenvalue weighted by molar-refractivity contribution is 0.111. The molecule has 2 heterocycles. The van der Waals surface area contributed by atoms with Crippen LogP contribution in [-0.4, -0.2) is 27.9 Å². The normalized spacial score (nSPS) is 10.6. The SMILES string of the molecule is Cc1cccc(OCCn2nnc(C=O)c2-c2cccs2)c1. The molecule has 3 aromatic rings. The Bertz CT molecular complexity index is 766. The number of benzene rings is 1. The van der Waals surface area contributed by atoms with E-state index >= 15 is 0 Å². The summed E-state index contributed by atoms with van der Waals surface area (Å²) >= 11 is 1.56. The first-order chi connectivity index (χ1) is 10.8. The molecule has 0 N–H and O–H groups in total. The van der Waals surface area contributed by atoms with Gasteiger partial charge in [-0.05, 0) is 36.1 Å². The van der Waals surface area contributed by atoms with Crippen molar-refractivity contribution in [1.82, 2.24) is 15.0 Å². The van der Waals surface area contributed by atoms with Crippen LogP contribution in [0, 0.1) is 6.92 Å². The van der Waals surface area contributed by atoms with Crippen LogP contribution in [0.25, 0.3) is 10.6 Å². The van der Waals surface area contributed by atoms with Gasteiger partial charge in [0.05, 0.1) is 11.4 Å². The second-order valence-electron chi connectivity index (χ2n) is 4.81. The van der Waals surface area contributed by atoms with Gasteiger partial charge in [-0.25, -0.2) is 4.68 Å². The van der Waals surface area contributed by atoms with Crippen molar-refractivity contribution in [3.63, 3.8) is 0 Å². The maximum atomic E-state index is 11.1. The summed E-state index contributed by atoms with van der Waals surface area (Å²) in [4.78, 5) is 12.1. The molecule has 5 nitrogen and oxygen atoms in total. The van der Waals surface area contributed by atoms with Crippen molar-refractivity contribution in [2.45, 2.75) is 13.5 Å². The van der Waals surface area contributed by atoms with Crippen LogP contribution >= 0.6 is 11.3 Å². The molecule has 6 heteroatoms. The third-order valence-corrected chi connectivity index (χ3v) is 4.07. The third-order valence-electron chi connectivity index (χ3n) is 3.19. The zero-order chi connectivity index (χ0) is 15.4. The van der Waals surface area contributed by atoms with Gasteiger partial charge < -0.3 is 4.74 Å². The number of ether oxygens (including phenoxy) is 1. The second-order valence-corrected chi connectivity index (χ2v) is 5.75. The molecule has 0 atom stereocenters. The Morgan fingerprint density at radius 1 is 1.32 bits per heavy atom. The Kier molecular flexibility index (Phi) is 4.29. The van der Waals surface area contributed by atoms with E-state index in [1.807, 2.05) is 48.7 Å². The van der Waals surface area contributed by atoms with E-state index in [1.54, 1.807) is 16.0 Å². The Labute approximate surface area is 132 Å². The molecular formula is C16H15N3O2S. The number of aromatic nitrogens is 3. The molecule has 0 unspecified atom stereocenters. The van der Waals surface area contributed by atoms with E-state index in [1.165, 1.54) is 0 Å². The highest BCUT2D eigenvalue weighted by atomic mass is 32.1. The summed E-state index contributed by atoms with van der Waals surface area (Å²) in [6.07, 6.45) is 0.736. The quantitative estimate of drug-likeness (QED) is 0.656. The molecule has 0 radical (unpaired) electrons. The molecule has 22 heavy (non-hydrogen) atoms. The minimum atomic E-state index is 0.359. The monoisotopic (exact) mass is 313 g/mol. The highest BCUT2D eigenvalue weighted by Gasteiger charge is 2.15. The van der Waals surface area contributed by atoms with E-state index < -0.39 is 0 Å². The van der Waals surface area contributed by atoms with Crippen LogP contribution in [0.1, 0.15) is 16.1 Å². The predicted octanol–water partition coefficient (Wildman–Crippen LogP) is 3.21. The smallest absolute Gasteiger partial charge is 0.172 e. The number of hydrogen-bond donors (Lipinski definition) is 0. The lowest BCUT2D eigenvalue weighted by Gasteiger charge is -2.08. The average Bonchev–Trinajstić information content (AvgIpc) is 3.15. The predicted molar refractivity (Wildman–Crippen MR) is 85.4 cm³/mol. The van der Waals surface area contributed by atoms with Crippen molar-refractivity contribution in [3.05, 3.63) is 53.0 Å². The number of aryl methyl sites for hydroxylation is 1. The Balaban J connectivity index is 1.73. The number of rotatable bonds is 6. The number of carbonyl (C=O) groups is 1. The zero-order valence-corrected chi connectivity index (χ0v) is 12.9. The molecule has 112 valence electrons. The summed E-state index contributed by atoms with van der Waals surface area (Å²) in [5.41, 5.74) is 2.26. The second kappa shape index (κ2) is 6.53. The molecule has 0 spiro atoms. The number of carbonyl (C=O) groups excluding carboxylic acids is 1. The van der Waals surface area contributed by atoms with E-state index in [2.05, 4.69) is 10.3 Å². The van der Waals surface area contributed by atoms with Crippen LogP contribution in [0.4, 0.5) is 0 Å². The molecule has 0 saturated heterocycles. The van der Waals surface area contributed by atoms with Gasteiger partial charge >= 0.3 is 0 Å². The summed E-state index contributed by atoms with van der Waals surface area (Å²) in [5.74, 6) is 0.827. The van der Waals surface area contributed by atoms with E-state index in [4.69, 9.17) is 4.74 Å². The van der Waals surface area contributed by atoms with Crippen LogP contribution in [0.3, 0.4) is 0 Å². The van der Waals surface area contributed by atoms with Gasteiger partial charge in [0, 0.05) is 0 Å². The number of thiophene rings is 1. The summed E-state index contributed by atoms with van der Waals surface area (Å²) in [5, 5.41) is 9.94. The lowest BCUT2D eigenvalue weighted by Crippen LogP contribution is -2.11. The first-order valence-electron chi connectivity index (χ1n) is 6.90. The number of nitrogens with zero attached hydrogens (tertiary/aromatic N) is 3. The molecule has 0 aliphatic carbocycles. The molecule has 0 saturated carbocycles. The highest BCUT2D eigenvalue weighted by molar-refractivity contribution is 7.13. The lowest BCUT2D eigenvalue weighted by atomic mass is 10.2. The van der Waals surface area contributed by atoms with Gasteiger partial charge in [0.1, 0.15) is 18.1 Å². The van der Waals surface area contributed by atoms with Crippen molar-refractivity contribution in [2.75, 3.05) is 6.61 Å². The highest BCUT2D eigenvalue weighted by Crippen LogP contribution is 2.26. The number of hydrogen-bond acceptors (Lipinski definition) is 5. The summed E-state index contributed by atoms with van der Waals surface area (Å²) < 4.78 is 7.45. The fourth-order valence-electron chi connectivity index (χ4n) is 2.18. The van der Waals surface area contributed by atoms with Gasteiger partial charge in [0.25, 0.3) is 0 Å². The number of aldehydes is 1. The largest absolute Gasteiger partial charge is 0.492 e. The van der Waals surface area contributed by atoms with Crippen molar-refractivity contribution < 1.29 is 9.53 Å². The van der Waals surface area contributed by atoms with E-state index in [-0.39, 0.29) is 0 Å². The molecule has 0 fully saturated rings. The Hall–Kier alpha value is -2.47. The average molecular weight is 313 g/mol. The molecule has 0 aliphatic rings. The van der Waals surface area contributed by atoms with E-state index in [0.29, 0.717) is 18.8 Å². The summed E-state index contributed by atoms with van der Waals surface area (Å²) in [6, 6.07) is 11.8. The maximum absolute atomic E-state index is 11.1. The van der Waals surface area contributed by atoms with Crippen LogP contribution in [0.2, 0.25) is 0 Å². The van der Waals surface area contributed by atoms with Gasteiger partial charge in [-0.15, -0.1) is 16.4 Å². The molecule has 0 aliphatic heterocycles. The van der Waals surface area contributed by atoms with Gasteiger partial charge in [-0.2, -0.15) is 0 Å². The van der Waals surface area contributed by atoms with Crippen LogP contribution < -0.4 is 4.74 Å². The molecule has 0 bridgehead atoms. The topological polar surface area (TPSA) is 57.0 Å². The molecule has 0 amide bonds. The Morgan fingerprint density at radius 2 is 2.23 bits per heavy atom. The fourth-order valence-corrected chi connectivity index (χ4v) is 2.97. The van der Waals surface area contributed by atoms with Crippen molar-refractivity contribution in [3.8, 4) is 16.3 Å². The zero-order valence-electron chi connectivity index (χ0n) is 12.1. The van der Waals surface area contributed by atoms with Crippen LogP contribution in [0.5, 0.6) is 5.75 Å². The van der Waals surface area contributed by atoms with Gasteiger partial charge in [0.15, 0.2) is 12.0 Å². The van der Waals surface area contributed by atoms with Crippen molar-refractivity contribution in [1.29, 1.82) is 0 Å². The molecule has 2 aromatic heterocycles. The van der Waals surface area contributed by atoms with Gasteiger partial charge in [0.2, 0.25) is 0 Å². The third kappa shape index (κ3) is 3.07. The minimum Gasteiger partial charge on any atom is -0.492 e. The molecule has 1 aromatic carbocycles. The Morgan fingerprint density at radius 3 is 2.95 bits per heavy atom. The van der Waals surface area contributed by atoms with E-state index in [9.17, 15) is 4.79 Å². The summed E-state index contributed by atoms with van der Waals surface area (Å²) in [7, 11) is 0. The molecular weight excluding hydrogens is 298 g/mol. The molecule has 3 rings (SSSR count). The van der Waals surface area contributed by atoms with Gasteiger partial charge in [-0.3, -0.25) is 4.79 Å².